The molecular formula is C8H11N3O4. The van der Waals surface area contributed by atoms with Crippen LogP contribution in [0.15, 0.2) is 6.07 Å². The Labute approximate surface area is 85.4 Å². The van der Waals surface area contributed by atoms with Gasteiger partial charge >= 0.3 is 5.97 Å². The van der Waals surface area contributed by atoms with E-state index in [9.17, 15) is 9.59 Å². The Bertz CT molecular complexity index is 361. The molecule has 0 saturated carbocycles. The van der Waals surface area contributed by atoms with Gasteiger partial charge in [-0.1, -0.05) is 0 Å². The summed E-state index contributed by atoms with van der Waals surface area (Å²) in [6.45, 7) is 0.308. The Morgan fingerprint density at radius 1 is 1.67 bits per heavy atom. The van der Waals surface area contributed by atoms with Gasteiger partial charge in [0.1, 0.15) is 5.69 Å². The highest BCUT2D eigenvalue weighted by Crippen LogP contribution is 2.05. The van der Waals surface area contributed by atoms with Crippen molar-refractivity contribution >= 4 is 17.7 Å². The summed E-state index contributed by atoms with van der Waals surface area (Å²) >= 11 is 0. The number of carboxylic acid groups (broad SMARTS) is 1. The third kappa shape index (κ3) is 3.39. The van der Waals surface area contributed by atoms with E-state index in [0.29, 0.717) is 6.61 Å². The average molecular weight is 213 g/mol. The lowest BCUT2D eigenvalue weighted by atomic mass is 10.4. The summed E-state index contributed by atoms with van der Waals surface area (Å²) in [6.07, 6.45) is 0.200. The van der Waals surface area contributed by atoms with E-state index in [2.05, 4.69) is 15.5 Å². The van der Waals surface area contributed by atoms with Crippen LogP contribution in [0.1, 0.15) is 16.9 Å². The molecule has 7 heteroatoms. The van der Waals surface area contributed by atoms with Crippen molar-refractivity contribution in [3.05, 3.63) is 11.8 Å². The smallest absolute Gasteiger partial charge is 0.353 e. The number of anilines is 1. The lowest BCUT2D eigenvalue weighted by Gasteiger charge is -1.99. The number of aromatic amines is 1. The number of rotatable bonds is 5. The van der Waals surface area contributed by atoms with Gasteiger partial charge in [-0.15, -0.1) is 0 Å². The first-order chi connectivity index (χ1) is 7.13. The van der Waals surface area contributed by atoms with Gasteiger partial charge in [-0.3, -0.25) is 9.89 Å². The summed E-state index contributed by atoms with van der Waals surface area (Å²) in [5.74, 6) is -1.21. The molecule has 0 atom stereocenters. The first kappa shape index (κ1) is 11.2. The number of hydrogen-bond acceptors (Lipinski definition) is 4. The van der Waals surface area contributed by atoms with E-state index in [4.69, 9.17) is 9.84 Å². The molecule has 0 aliphatic heterocycles. The molecule has 0 radical (unpaired) electrons. The second-order valence-corrected chi connectivity index (χ2v) is 2.76. The predicted octanol–water partition coefficient (Wildman–Crippen LogP) is 0.0829. The average Bonchev–Trinajstić information content (AvgIpc) is 2.63. The van der Waals surface area contributed by atoms with E-state index in [0.717, 1.165) is 0 Å². The minimum atomic E-state index is -1.13. The fourth-order valence-corrected chi connectivity index (χ4v) is 0.895. The number of aromatic carboxylic acids is 1. The third-order valence-corrected chi connectivity index (χ3v) is 1.61. The summed E-state index contributed by atoms with van der Waals surface area (Å²) in [5.41, 5.74) is -0.0722. The summed E-state index contributed by atoms with van der Waals surface area (Å²) in [5, 5.41) is 16.9. The molecule has 0 fully saturated rings. The van der Waals surface area contributed by atoms with Gasteiger partial charge < -0.3 is 15.2 Å². The van der Waals surface area contributed by atoms with Crippen LogP contribution in [0.4, 0.5) is 5.82 Å². The molecule has 1 heterocycles. The lowest BCUT2D eigenvalue weighted by Crippen LogP contribution is -2.13. The van der Waals surface area contributed by atoms with Crippen LogP contribution >= 0.6 is 0 Å². The van der Waals surface area contributed by atoms with Gasteiger partial charge in [0.05, 0.1) is 13.0 Å². The van der Waals surface area contributed by atoms with Crippen molar-refractivity contribution in [2.75, 3.05) is 19.0 Å². The molecule has 0 saturated heterocycles. The van der Waals surface area contributed by atoms with Crippen molar-refractivity contribution < 1.29 is 19.4 Å². The van der Waals surface area contributed by atoms with E-state index in [1.54, 1.807) is 0 Å². The number of carbonyl (C=O) groups is 2. The molecule has 1 rings (SSSR count). The normalized spacial score (nSPS) is 9.93. The molecule has 1 amide bonds. The van der Waals surface area contributed by atoms with Crippen molar-refractivity contribution in [3.63, 3.8) is 0 Å². The van der Waals surface area contributed by atoms with Crippen LogP contribution in [0.5, 0.6) is 0 Å². The standard InChI is InChI=1S/C8H11N3O4/c1-15-3-2-7(12)9-6-4-5(8(13)14)10-11-6/h4H,2-3H2,1H3,(H,13,14)(H2,9,10,11,12). The molecular weight excluding hydrogens is 202 g/mol. The summed E-state index contributed by atoms with van der Waals surface area (Å²) in [6, 6.07) is 1.24. The number of aromatic nitrogens is 2. The van der Waals surface area contributed by atoms with Gasteiger partial charge in [0.2, 0.25) is 5.91 Å². The quantitative estimate of drug-likeness (QED) is 0.642. The Balaban J connectivity index is 2.50. The molecule has 1 aromatic heterocycles. The molecule has 7 nitrogen and oxygen atoms in total. The van der Waals surface area contributed by atoms with Crippen LogP contribution in [0.3, 0.4) is 0 Å². The first-order valence-corrected chi connectivity index (χ1v) is 4.21. The lowest BCUT2D eigenvalue weighted by molar-refractivity contribution is -0.117. The largest absolute Gasteiger partial charge is 0.477 e. The Morgan fingerprint density at radius 3 is 2.93 bits per heavy atom. The zero-order chi connectivity index (χ0) is 11.3. The molecule has 0 aliphatic rings. The molecule has 0 unspecified atom stereocenters. The number of H-pyrrole nitrogens is 1. The van der Waals surface area contributed by atoms with Gasteiger partial charge in [-0.2, -0.15) is 5.10 Å². The maximum Gasteiger partial charge on any atom is 0.353 e. The predicted molar refractivity (Wildman–Crippen MR) is 50.7 cm³/mol. The monoisotopic (exact) mass is 213 g/mol. The van der Waals surface area contributed by atoms with Gasteiger partial charge in [0, 0.05) is 13.2 Å². The van der Waals surface area contributed by atoms with Crippen LogP contribution in [-0.2, 0) is 9.53 Å². The Morgan fingerprint density at radius 2 is 2.40 bits per heavy atom. The maximum atomic E-state index is 11.2. The van der Waals surface area contributed by atoms with Gasteiger partial charge in [-0.25, -0.2) is 4.79 Å². The molecule has 0 aromatic carbocycles. The van der Waals surface area contributed by atoms with E-state index in [1.807, 2.05) is 0 Å². The highest BCUT2D eigenvalue weighted by Gasteiger charge is 2.09. The van der Waals surface area contributed by atoms with E-state index < -0.39 is 5.97 Å². The van der Waals surface area contributed by atoms with Crippen LogP contribution in [0, 0.1) is 0 Å². The number of nitrogens with zero attached hydrogens (tertiary/aromatic N) is 1. The van der Waals surface area contributed by atoms with Gasteiger partial charge in [-0.05, 0) is 0 Å². The zero-order valence-electron chi connectivity index (χ0n) is 8.11. The first-order valence-electron chi connectivity index (χ1n) is 4.21. The molecule has 15 heavy (non-hydrogen) atoms. The minimum Gasteiger partial charge on any atom is -0.477 e. The van der Waals surface area contributed by atoms with Crippen molar-refractivity contribution in [3.8, 4) is 0 Å². The molecule has 0 spiro atoms. The number of methoxy groups -OCH3 is 1. The number of amides is 1. The van der Waals surface area contributed by atoms with Crippen LogP contribution in [0.25, 0.3) is 0 Å². The Kier molecular flexibility index (Phi) is 3.81. The topological polar surface area (TPSA) is 104 Å². The van der Waals surface area contributed by atoms with Crippen LogP contribution in [-0.4, -0.2) is 40.9 Å². The summed E-state index contributed by atoms with van der Waals surface area (Å²) in [7, 11) is 1.49. The SMILES string of the molecule is COCCC(=O)Nc1cc(C(=O)O)[nH]n1. The fourth-order valence-electron chi connectivity index (χ4n) is 0.895. The molecule has 1 aromatic rings. The van der Waals surface area contributed by atoms with Crippen LogP contribution < -0.4 is 5.32 Å². The highest BCUT2D eigenvalue weighted by molar-refractivity contribution is 5.92. The van der Waals surface area contributed by atoms with Crippen molar-refractivity contribution in [2.24, 2.45) is 0 Å². The number of hydrogen-bond donors (Lipinski definition) is 3. The highest BCUT2D eigenvalue weighted by atomic mass is 16.5. The summed E-state index contributed by atoms with van der Waals surface area (Å²) in [4.78, 5) is 21.6. The van der Waals surface area contributed by atoms with E-state index in [-0.39, 0.29) is 23.8 Å². The van der Waals surface area contributed by atoms with Crippen LogP contribution in [0.2, 0.25) is 0 Å². The van der Waals surface area contributed by atoms with Crippen molar-refractivity contribution in [2.45, 2.75) is 6.42 Å². The fraction of sp³-hybridized carbons (Fsp3) is 0.375. The number of nitrogens with one attached hydrogen (secondary N) is 2. The minimum absolute atomic E-state index is 0.0722. The van der Waals surface area contributed by atoms with E-state index in [1.165, 1.54) is 13.2 Å². The maximum absolute atomic E-state index is 11.2. The molecule has 0 aliphatic carbocycles. The third-order valence-electron chi connectivity index (χ3n) is 1.61. The second kappa shape index (κ2) is 5.11. The number of carbonyl (C=O) groups excluding carboxylic acids is 1. The van der Waals surface area contributed by atoms with E-state index >= 15 is 0 Å². The Hall–Kier alpha value is -1.89. The van der Waals surface area contributed by atoms with Crippen molar-refractivity contribution in [1.29, 1.82) is 0 Å². The zero-order valence-corrected chi connectivity index (χ0v) is 8.11. The van der Waals surface area contributed by atoms with Gasteiger partial charge in [0.25, 0.3) is 0 Å². The molecule has 82 valence electrons. The molecule has 0 bridgehead atoms. The van der Waals surface area contributed by atoms with Crippen molar-refractivity contribution in [1.82, 2.24) is 10.2 Å². The number of ether oxygens (including phenoxy) is 1. The summed E-state index contributed by atoms with van der Waals surface area (Å²) < 4.78 is 4.71. The second-order valence-electron chi connectivity index (χ2n) is 2.76. The molecule has 3 N–H and O–H groups in total. The van der Waals surface area contributed by atoms with Gasteiger partial charge in [0.15, 0.2) is 5.82 Å². The number of carboxylic acids is 1.